The molecule has 0 radical (unpaired) electrons. The van der Waals surface area contributed by atoms with E-state index in [1.54, 1.807) is 29.5 Å². The van der Waals surface area contributed by atoms with E-state index in [0.717, 1.165) is 27.4 Å². The van der Waals surface area contributed by atoms with Crippen LogP contribution in [0, 0.1) is 13.8 Å². The highest BCUT2D eigenvalue weighted by Crippen LogP contribution is 2.22. The number of likely N-dealkylation sites (N-methyl/N-ethyl adjacent to an activating group) is 1. The zero-order chi connectivity index (χ0) is 16.8. The number of amides is 1. The number of Topliss-reactive ketones (excluding diaryl/α,β-unsaturated/α-hetero) is 1. The molecule has 122 valence electrons. The summed E-state index contributed by atoms with van der Waals surface area (Å²) < 4.78 is 0. The summed E-state index contributed by atoms with van der Waals surface area (Å²) in [7, 11) is 1.77. The van der Waals surface area contributed by atoms with Crippen molar-refractivity contribution in [1.29, 1.82) is 0 Å². The smallest absolute Gasteiger partial charge is 0.222 e. The average Bonchev–Trinajstić information content (AvgIpc) is 2.89. The maximum atomic E-state index is 12.2. The number of carbonyl (C=O) groups excluding carboxylic acids is 2. The minimum absolute atomic E-state index is 0.00103. The van der Waals surface area contributed by atoms with Gasteiger partial charge in [0, 0.05) is 60.1 Å². The average molecular weight is 330 g/mol. The van der Waals surface area contributed by atoms with Crippen LogP contribution in [-0.4, -0.2) is 35.2 Å². The van der Waals surface area contributed by atoms with E-state index in [1.165, 1.54) is 0 Å². The number of ketones is 1. The van der Waals surface area contributed by atoms with Crippen LogP contribution in [0.4, 0.5) is 0 Å². The number of rotatable bonds is 7. The Hall–Kier alpha value is -2.01. The van der Waals surface area contributed by atoms with Gasteiger partial charge >= 0.3 is 0 Å². The van der Waals surface area contributed by atoms with Gasteiger partial charge in [-0.1, -0.05) is 6.07 Å². The predicted octanol–water partition coefficient (Wildman–Crippen LogP) is 3.42. The molecule has 23 heavy (non-hydrogen) atoms. The van der Waals surface area contributed by atoms with Crippen molar-refractivity contribution in [2.24, 2.45) is 0 Å². The van der Waals surface area contributed by atoms with E-state index in [-0.39, 0.29) is 24.5 Å². The normalized spacial score (nSPS) is 10.6. The number of hydrogen-bond acceptors (Lipinski definition) is 4. The lowest BCUT2D eigenvalue weighted by atomic mass is 10.1. The first-order valence-electron chi connectivity index (χ1n) is 7.71. The van der Waals surface area contributed by atoms with Gasteiger partial charge in [0.1, 0.15) is 0 Å². The van der Waals surface area contributed by atoms with E-state index < -0.39 is 0 Å². The van der Waals surface area contributed by atoms with Crippen molar-refractivity contribution in [3.05, 3.63) is 51.5 Å². The maximum Gasteiger partial charge on any atom is 0.222 e. The molecule has 0 atom stereocenters. The Bertz CT molecular complexity index is 680. The molecule has 2 rings (SSSR count). The molecular weight excluding hydrogens is 308 g/mol. The Morgan fingerprint density at radius 2 is 2.00 bits per heavy atom. The summed E-state index contributed by atoms with van der Waals surface area (Å²) >= 11 is 1.62. The molecule has 0 fully saturated rings. The lowest BCUT2D eigenvalue weighted by Gasteiger charge is -2.16. The van der Waals surface area contributed by atoms with Crippen LogP contribution in [0.5, 0.6) is 0 Å². The van der Waals surface area contributed by atoms with Crippen LogP contribution in [0.2, 0.25) is 0 Å². The van der Waals surface area contributed by atoms with Crippen molar-refractivity contribution < 1.29 is 9.59 Å². The molecule has 0 bridgehead atoms. The lowest BCUT2D eigenvalue weighted by molar-refractivity contribution is -0.129. The summed E-state index contributed by atoms with van der Waals surface area (Å²) in [6, 6.07) is 7.67. The zero-order valence-electron chi connectivity index (χ0n) is 13.8. The van der Waals surface area contributed by atoms with E-state index in [0.29, 0.717) is 6.54 Å². The van der Waals surface area contributed by atoms with Gasteiger partial charge in [0.2, 0.25) is 5.91 Å². The number of thiophene rings is 1. The van der Waals surface area contributed by atoms with E-state index in [2.05, 4.69) is 4.98 Å². The van der Waals surface area contributed by atoms with Gasteiger partial charge in [-0.3, -0.25) is 14.6 Å². The molecule has 0 saturated carbocycles. The maximum absolute atomic E-state index is 12.2. The van der Waals surface area contributed by atoms with Gasteiger partial charge < -0.3 is 4.90 Å². The molecule has 0 N–H and O–H groups in total. The Morgan fingerprint density at radius 3 is 2.61 bits per heavy atom. The Balaban J connectivity index is 1.79. The second kappa shape index (κ2) is 8.02. The fraction of sp³-hybridized carbons (Fsp3) is 0.389. The fourth-order valence-corrected chi connectivity index (χ4v) is 3.35. The Labute approximate surface area is 141 Å². The third-order valence-electron chi connectivity index (χ3n) is 3.76. The third-order valence-corrected chi connectivity index (χ3v) is 4.73. The minimum atomic E-state index is -0.00103. The first-order valence-corrected chi connectivity index (χ1v) is 8.53. The first-order chi connectivity index (χ1) is 11.0. The zero-order valence-corrected chi connectivity index (χ0v) is 14.7. The predicted molar refractivity (Wildman–Crippen MR) is 92.9 cm³/mol. The molecule has 0 aromatic carbocycles. The van der Waals surface area contributed by atoms with Gasteiger partial charge in [-0.25, -0.2) is 0 Å². The number of carbonyl (C=O) groups is 2. The fourth-order valence-electron chi connectivity index (χ4n) is 2.41. The second-order valence-corrected chi connectivity index (χ2v) is 7.10. The molecule has 1 amide bonds. The van der Waals surface area contributed by atoms with Crippen LogP contribution in [-0.2, 0) is 11.2 Å². The van der Waals surface area contributed by atoms with Crippen LogP contribution in [0.3, 0.4) is 0 Å². The van der Waals surface area contributed by atoms with Crippen molar-refractivity contribution in [2.75, 3.05) is 13.6 Å². The van der Waals surface area contributed by atoms with Gasteiger partial charge in [0.25, 0.3) is 0 Å². The minimum Gasteiger partial charge on any atom is -0.345 e. The first kappa shape index (κ1) is 17.3. The molecule has 2 heterocycles. The van der Waals surface area contributed by atoms with Crippen LogP contribution in [0.1, 0.15) is 38.6 Å². The number of nitrogens with zero attached hydrogens (tertiary/aromatic N) is 2. The molecular formula is C18H22N2O2S. The number of aromatic nitrogens is 1. The standard InChI is InChI=1S/C18H22N2O2S/c1-13-12-16(14(2)23-13)17(21)7-8-18(22)20(3)11-9-15-6-4-5-10-19-15/h4-6,10,12H,7-9,11H2,1-3H3. The highest BCUT2D eigenvalue weighted by molar-refractivity contribution is 7.12. The Kier molecular flexibility index (Phi) is 6.04. The second-order valence-electron chi connectivity index (χ2n) is 5.64. The van der Waals surface area contributed by atoms with Gasteiger partial charge in [-0.15, -0.1) is 11.3 Å². The van der Waals surface area contributed by atoms with Crippen molar-refractivity contribution in [2.45, 2.75) is 33.1 Å². The van der Waals surface area contributed by atoms with Crippen LogP contribution in [0.15, 0.2) is 30.5 Å². The van der Waals surface area contributed by atoms with Crippen LogP contribution >= 0.6 is 11.3 Å². The van der Waals surface area contributed by atoms with Crippen molar-refractivity contribution in [3.8, 4) is 0 Å². The topological polar surface area (TPSA) is 50.3 Å². The van der Waals surface area contributed by atoms with Crippen molar-refractivity contribution in [1.82, 2.24) is 9.88 Å². The van der Waals surface area contributed by atoms with Gasteiger partial charge in [-0.05, 0) is 32.0 Å². The molecule has 2 aromatic heterocycles. The van der Waals surface area contributed by atoms with E-state index in [9.17, 15) is 9.59 Å². The molecule has 5 heteroatoms. The summed E-state index contributed by atoms with van der Waals surface area (Å²) in [6.07, 6.45) is 3.00. The molecule has 0 aliphatic carbocycles. The third kappa shape index (κ3) is 4.99. The number of hydrogen-bond donors (Lipinski definition) is 0. The van der Waals surface area contributed by atoms with E-state index in [4.69, 9.17) is 0 Å². The highest BCUT2D eigenvalue weighted by Gasteiger charge is 2.15. The molecule has 2 aromatic rings. The highest BCUT2D eigenvalue weighted by atomic mass is 32.1. The van der Waals surface area contributed by atoms with Gasteiger partial charge in [0.05, 0.1) is 0 Å². The number of pyridine rings is 1. The Morgan fingerprint density at radius 1 is 1.22 bits per heavy atom. The van der Waals surface area contributed by atoms with E-state index >= 15 is 0 Å². The summed E-state index contributed by atoms with van der Waals surface area (Å²) in [5, 5.41) is 0. The van der Waals surface area contributed by atoms with Crippen LogP contribution < -0.4 is 0 Å². The van der Waals surface area contributed by atoms with Crippen LogP contribution in [0.25, 0.3) is 0 Å². The lowest BCUT2D eigenvalue weighted by Crippen LogP contribution is -2.29. The molecule has 0 saturated heterocycles. The molecule has 0 aliphatic rings. The molecule has 0 spiro atoms. The largest absolute Gasteiger partial charge is 0.345 e. The summed E-state index contributed by atoms with van der Waals surface area (Å²) in [5.74, 6) is 0.0530. The van der Waals surface area contributed by atoms with Crippen molar-refractivity contribution in [3.63, 3.8) is 0 Å². The quantitative estimate of drug-likeness (QED) is 0.731. The van der Waals surface area contributed by atoms with E-state index in [1.807, 2.05) is 38.1 Å². The SMILES string of the molecule is Cc1cc(C(=O)CCC(=O)N(C)CCc2ccccn2)c(C)s1. The molecule has 0 unspecified atom stereocenters. The molecule has 0 aliphatic heterocycles. The monoisotopic (exact) mass is 330 g/mol. The van der Waals surface area contributed by atoms with Crippen molar-refractivity contribution >= 4 is 23.0 Å². The molecule has 4 nitrogen and oxygen atoms in total. The summed E-state index contributed by atoms with van der Waals surface area (Å²) in [4.78, 5) is 32.4. The summed E-state index contributed by atoms with van der Waals surface area (Å²) in [5.41, 5.74) is 1.73. The number of aryl methyl sites for hydroxylation is 2. The van der Waals surface area contributed by atoms with Gasteiger partial charge in [0.15, 0.2) is 5.78 Å². The summed E-state index contributed by atoms with van der Waals surface area (Å²) in [6.45, 7) is 4.55. The van der Waals surface area contributed by atoms with Gasteiger partial charge in [-0.2, -0.15) is 0 Å².